The number of carbonyl (C=O) groups is 2. The van der Waals surface area contributed by atoms with Crippen molar-refractivity contribution in [2.24, 2.45) is 10.8 Å². The Morgan fingerprint density at radius 3 is 2.14 bits per heavy atom. The smallest absolute Gasteiger partial charge is 0.341 e. The summed E-state index contributed by atoms with van der Waals surface area (Å²) in [5.41, 5.74) is -0.745. The van der Waals surface area contributed by atoms with E-state index in [1.54, 1.807) is 13.8 Å². The number of carbonyl (C=O) groups excluding carboxylic acids is 2. The highest BCUT2D eigenvalue weighted by Crippen LogP contribution is 2.49. The average molecular weight is 334 g/mol. The SMILES string of the molecule is CCOP(=O)(CC(=O)OC[C@]1(C)CC(C)(C)CC1=O)OCC. The number of hydrogen-bond donors (Lipinski definition) is 0. The van der Waals surface area contributed by atoms with Gasteiger partial charge in [0.2, 0.25) is 0 Å². The van der Waals surface area contributed by atoms with Crippen LogP contribution in [-0.4, -0.2) is 37.7 Å². The van der Waals surface area contributed by atoms with E-state index in [0.717, 1.165) is 0 Å². The van der Waals surface area contributed by atoms with E-state index in [4.69, 9.17) is 13.8 Å². The molecule has 0 saturated heterocycles. The summed E-state index contributed by atoms with van der Waals surface area (Å²) in [4.78, 5) is 24.0. The van der Waals surface area contributed by atoms with Gasteiger partial charge in [0.05, 0.1) is 18.6 Å². The molecule has 1 rings (SSSR count). The molecule has 1 fully saturated rings. The molecule has 0 aromatic heterocycles. The number of Topliss-reactive ketones (excluding diaryl/α,β-unsaturated/α-hetero) is 1. The molecule has 1 aliphatic carbocycles. The van der Waals surface area contributed by atoms with E-state index < -0.39 is 25.1 Å². The lowest BCUT2D eigenvalue weighted by atomic mass is 9.83. The Kier molecular flexibility index (Phi) is 6.36. The third-order valence-corrected chi connectivity index (χ3v) is 5.66. The lowest BCUT2D eigenvalue weighted by Crippen LogP contribution is -2.30. The average Bonchev–Trinajstić information content (AvgIpc) is 2.56. The molecule has 0 aromatic carbocycles. The maximum Gasteiger partial charge on any atom is 0.341 e. The fourth-order valence-electron chi connectivity index (χ4n) is 2.96. The molecule has 22 heavy (non-hydrogen) atoms. The molecule has 0 unspecified atom stereocenters. The lowest BCUT2D eigenvalue weighted by molar-refractivity contribution is -0.146. The standard InChI is InChI=1S/C15H27O6P/c1-6-20-22(18,21-7-2)9-13(17)19-11-15(5)10-14(3,4)8-12(15)16/h6-11H2,1-5H3/t15-/m0/s1. The van der Waals surface area contributed by atoms with Crippen LogP contribution >= 0.6 is 7.60 Å². The van der Waals surface area contributed by atoms with Crippen LogP contribution in [0.15, 0.2) is 0 Å². The minimum Gasteiger partial charge on any atom is -0.464 e. The second kappa shape index (κ2) is 7.24. The molecule has 6 nitrogen and oxygen atoms in total. The van der Waals surface area contributed by atoms with Gasteiger partial charge in [-0.25, -0.2) is 0 Å². The third kappa shape index (κ3) is 5.18. The van der Waals surface area contributed by atoms with E-state index in [2.05, 4.69) is 0 Å². The molecule has 1 atom stereocenters. The highest BCUT2D eigenvalue weighted by atomic mass is 31.2. The molecule has 1 saturated carbocycles. The molecular formula is C15H27O6P. The Balaban J connectivity index is 2.59. The second-order valence-corrected chi connectivity index (χ2v) is 8.82. The van der Waals surface area contributed by atoms with E-state index in [1.807, 2.05) is 20.8 Å². The fraction of sp³-hybridized carbons (Fsp3) is 0.867. The maximum absolute atomic E-state index is 12.3. The number of esters is 1. The molecule has 128 valence electrons. The van der Waals surface area contributed by atoms with Crippen LogP contribution in [-0.2, 0) is 27.9 Å². The number of rotatable bonds is 8. The topological polar surface area (TPSA) is 78.9 Å². The summed E-state index contributed by atoms with van der Waals surface area (Å²) in [5, 5.41) is 0. The number of hydrogen-bond acceptors (Lipinski definition) is 6. The molecule has 0 aliphatic heterocycles. The van der Waals surface area contributed by atoms with Crippen LogP contribution in [0.25, 0.3) is 0 Å². The van der Waals surface area contributed by atoms with Crippen molar-refractivity contribution in [3.05, 3.63) is 0 Å². The van der Waals surface area contributed by atoms with Gasteiger partial charge in [-0.3, -0.25) is 14.2 Å². The van der Waals surface area contributed by atoms with Crippen molar-refractivity contribution in [3.63, 3.8) is 0 Å². The zero-order valence-corrected chi connectivity index (χ0v) is 15.0. The Bertz CT molecular complexity index is 463. The van der Waals surface area contributed by atoms with E-state index in [0.29, 0.717) is 12.8 Å². The van der Waals surface area contributed by atoms with Crippen LogP contribution in [0.3, 0.4) is 0 Å². The van der Waals surface area contributed by atoms with Crippen molar-refractivity contribution < 1.29 is 27.9 Å². The van der Waals surface area contributed by atoms with Crippen molar-refractivity contribution in [1.82, 2.24) is 0 Å². The molecule has 0 bridgehead atoms. The largest absolute Gasteiger partial charge is 0.464 e. The molecule has 0 heterocycles. The summed E-state index contributed by atoms with van der Waals surface area (Å²) in [5.74, 6) is -0.563. The van der Waals surface area contributed by atoms with Crippen LogP contribution in [0.1, 0.15) is 47.5 Å². The van der Waals surface area contributed by atoms with Crippen molar-refractivity contribution in [3.8, 4) is 0 Å². The molecule has 0 N–H and O–H groups in total. The van der Waals surface area contributed by atoms with Gasteiger partial charge in [-0.05, 0) is 32.6 Å². The predicted molar refractivity (Wildman–Crippen MR) is 82.8 cm³/mol. The summed E-state index contributed by atoms with van der Waals surface area (Å²) < 4.78 is 27.6. The second-order valence-electron chi connectivity index (χ2n) is 6.77. The first kappa shape index (κ1) is 19.3. The number of ether oxygens (including phenoxy) is 1. The number of ketones is 1. The molecule has 0 amide bonds. The molecule has 1 aliphatic rings. The Morgan fingerprint density at radius 1 is 1.18 bits per heavy atom. The summed E-state index contributed by atoms with van der Waals surface area (Å²) in [6.07, 6.45) is 0.723. The van der Waals surface area contributed by atoms with Gasteiger partial charge in [0.1, 0.15) is 18.6 Å². The minimum absolute atomic E-state index is 0.00630. The highest BCUT2D eigenvalue weighted by Gasteiger charge is 2.47. The normalized spacial score (nSPS) is 24.5. The van der Waals surface area contributed by atoms with Gasteiger partial charge in [0.15, 0.2) is 0 Å². The van der Waals surface area contributed by atoms with Crippen LogP contribution in [0.4, 0.5) is 0 Å². The first-order valence-corrected chi connectivity index (χ1v) is 9.36. The van der Waals surface area contributed by atoms with Crippen molar-refractivity contribution in [2.45, 2.75) is 47.5 Å². The summed E-state index contributed by atoms with van der Waals surface area (Å²) >= 11 is 0. The zero-order chi connectivity index (χ0) is 17.0. The van der Waals surface area contributed by atoms with Crippen LogP contribution in [0.5, 0.6) is 0 Å². The third-order valence-electron chi connectivity index (χ3n) is 3.71. The highest BCUT2D eigenvalue weighted by molar-refractivity contribution is 7.54. The summed E-state index contributed by atoms with van der Waals surface area (Å²) in [6.45, 7) is 9.60. The van der Waals surface area contributed by atoms with Gasteiger partial charge in [-0.15, -0.1) is 0 Å². The Morgan fingerprint density at radius 2 is 1.73 bits per heavy atom. The van der Waals surface area contributed by atoms with Crippen molar-refractivity contribution in [1.29, 1.82) is 0 Å². The quantitative estimate of drug-likeness (QED) is 0.501. The molecule has 0 radical (unpaired) electrons. The lowest BCUT2D eigenvalue weighted by Gasteiger charge is -2.24. The van der Waals surface area contributed by atoms with E-state index in [-0.39, 0.29) is 31.0 Å². The van der Waals surface area contributed by atoms with Crippen LogP contribution in [0.2, 0.25) is 0 Å². The minimum atomic E-state index is -3.46. The van der Waals surface area contributed by atoms with E-state index in [9.17, 15) is 14.2 Å². The first-order valence-electron chi connectivity index (χ1n) is 7.63. The van der Waals surface area contributed by atoms with Crippen LogP contribution < -0.4 is 0 Å². The summed E-state index contributed by atoms with van der Waals surface area (Å²) in [6, 6.07) is 0. The van der Waals surface area contributed by atoms with Crippen molar-refractivity contribution in [2.75, 3.05) is 26.0 Å². The van der Waals surface area contributed by atoms with E-state index >= 15 is 0 Å². The Labute approximate surface area is 132 Å². The van der Waals surface area contributed by atoms with E-state index in [1.165, 1.54) is 0 Å². The monoisotopic (exact) mass is 334 g/mol. The van der Waals surface area contributed by atoms with Gasteiger partial charge >= 0.3 is 13.6 Å². The van der Waals surface area contributed by atoms with Gasteiger partial charge < -0.3 is 13.8 Å². The van der Waals surface area contributed by atoms with Gasteiger partial charge in [-0.2, -0.15) is 0 Å². The molecule has 0 aromatic rings. The van der Waals surface area contributed by atoms with Gasteiger partial charge in [0, 0.05) is 6.42 Å². The van der Waals surface area contributed by atoms with Crippen molar-refractivity contribution >= 4 is 19.3 Å². The summed E-state index contributed by atoms with van der Waals surface area (Å²) in [7, 11) is -3.46. The first-order chi connectivity index (χ1) is 10.1. The predicted octanol–water partition coefficient (Wildman–Crippen LogP) is 3.19. The van der Waals surface area contributed by atoms with Gasteiger partial charge in [0.25, 0.3) is 0 Å². The fourth-order valence-corrected chi connectivity index (χ4v) is 4.41. The van der Waals surface area contributed by atoms with Crippen LogP contribution in [0, 0.1) is 10.8 Å². The molecular weight excluding hydrogens is 307 g/mol. The molecule has 7 heteroatoms. The Hall–Kier alpha value is -0.710. The van der Waals surface area contributed by atoms with Gasteiger partial charge in [-0.1, -0.05) is 13.8 Å². The molecule has 0 spiro atoms. The zero-order valence-electron chi connectivity index (χ0n) is 14.1. The maximum atomic E-state index is 12.3.